The van der Waals surface area contributed by atoms with Crippen LogP contribution in [0.3, 0.4) is 0 Å². The van der Waals surface area contributed by atoms with E-state index in [0.29, 0.717) is 11.8 Å². The van der Waals surface area contributed by atoms with Crippen molar-refractivity contribution in [1.82, 2.24) is 24.6 Å². The molecule has 0 aliphatic heterocycles. The summed E-state index contributed by atoms with van der Waals surface area (Å²) in [6.45, 7) is 1.61. The summed E-state index contributed by atoms with van der Waals surface area (Å²) in [7, 11) is 5.72. The third-order valence-corrected chi connectivity index (χ3v) is 4.62. The van der Waals surface area contributed by atoms with Gasteiger partial charge in [-0.15, -0.1) is 0 Å². The maximum Gasteiger partial charge on any atom is 0.226 e. The molecule has 0 saturated carbocycles. The Labute approximate surface area is 175 Å². The first-order valence-corrected chi connectivity index (χ1v) is 9.75. The zero-order valence-corrected chi connectivity index (χ0v) is 17.3. The van der Waals surface area contributed by atoms with Crippen molar-refractivity contribution in [2.75, 3.05) is 44.9 Å². The van der Waals surface area contributed by atoms with Crippen molar-refractivity contribution >= 4 is 28.5 Å². The van der Waals surface area contributed by atoms with Crippen molar-refractivity contribution in [2.45, 2.75) is 0 Å². The summed E-state index contributed by atoms with van der Waals surface area (Å²) in [6, 6.07) is 17.7. The van der Waals surface area contributed by atoms with Gasteiger partial charge in [0.1, 0.15) is 11.6 Å². The smallest absolute Gasteiger partial charge is 0.226 e. The lowest BCUT2D eigenvalue weighted by molar-refractivity contribution is 0.415. The Hall–Kier alpha value is -3.65. The van der Waals surface area contributed by atoms with Gasteiger partial charge in [0, 0.05) is 18.8 Å². The molecular formula is C22H25N7O. The fourth-order valence-corrected chi connectivity index (χ4v) is 3.04. The second-order valence-electron chi connectivity index (χ2n) is 7.11. The number of hydrogen-bond donors (Lipinski definition) is 2. The van der Waals surface area contributed by atoms with Crippen LogP contribution in [0, 0.1) is 0 Å². The lowest BCUT2D eigenvalue weighted by Gasteiger charge is -2.13. The van der Waals surface area contributed by atoms with Crippen LogP contribution in [0.25, 0.3) is 16.7 Å². The predicted molar refractivity (Wildman–Crippen MR) is 120 cm³/mol. The highest BCUT2D eigenvalue weighted by atomic mass is 16.5. The van der Waals surface area contributed by atoms with Crippen molar-refractivity contribution < 1.29 is 4.74 Å². The van der Waals surface area contributed by atoms with Gasteiger partial charge in [-0.2, -0.15) is 15.1 Å². The highest BCUT2D eigenvalue weighted by molar-refractivity contribution is 5.90. The average Bonchev–Trinajstić information content (AvgIpc) is 3.19. The lowest BCUT2D eigenvalue weighted by Crippen LogP contribution is -2.21. The monoisotopic (exact) mass is 403 g/mol. The molecule has 0 amide bonds. The first-order valence-electron chi connectivity index (χ1n) is 9.75. The van der Waals surface area contributed by atoms with Crippen LogP contribution in [0.15, 0.2) is 60.8 Å². The number of benzene rings is 2. The number of ether oxygens (including phenoxy) is 1. The Morgan fingerprint density at radius 2 is 1.77 bits per heavy atom. The highest BCUT2D eigenvalue weighted by Gasteiger charge is 2.14. The molecule has 2 aromatic carbocycles. The quantitative estimate of drug-likeness (QED) is 0.466. The maximum atomic E-state index is 5.24. The molecule has 2 heterocycles. The zero-order valence-electron chi connectivity index (χ0n) is 17.3. The van der Waals surface area contributed by atoms with Gasteiger partial charge in [0.2, 0.25) is 5.95 Å². The van der Waals surface area contributed by atoms with E-state index in [-0.39, 0.29) is 0 Å². The van der Waals surface area contributed by atoms with Gasteiger partial charge in [0.05, 0.1) is 24.4 Å². The van der Waals surface area contributed by atoms with Crippen molar-refractivity contribution in [3.8, 4) is 11.4 Å². The molecule has 30 heavy (non-hydrogen) atoms. The molecule has 0 aliphatic rings. The second kappa shape index (κ2) is 8.79. The first-order chi connectivity index (χ1) is 14.6. The Morgan fingerprint density at radius 1 is 1.00 bits per heavy atom. The van der Waals surface area contributed by atoms with E-state index in [9.17, 15) is 0 Å². The summed E-state index contributed by atoms with van der Waals surface area (Å²) < 4.78 is 7.07. The molecule has 2 aromatic heterocycles. The standard InChI is InChI=1S/C22H25N7O/c1-28(2)14-13-23-22-26-20(25-16-9-11-18(30-3)12-10-16)19-15-24-29(21(19)27-22)17-7-5-4-6-8-17/h4-12,15H,13-14H2,1-3H3,(H2,23,25,26,27). The molecule has 0 bridgehead atoms. The summed E-state index contributed by atoms with van der Waals surface area (Å²) in [5.41, 5.74) is 2.59. The normalized spacial score (nSPS) is 11.1. The number of nitrogens with zero attached hydrogens (tertiary/aromatic N) is 5. The van der Waals surface area contributed by atoms with Crippen molar-refractivity contribution in [3.63, 3.8) is 0 Å². The Balaban J connectivity index is 1.73. The molecule has 0 aliphatic carbocycles. The number of hydrogen-bond acceptors (Lipinski definition) is 7. The van der Waals surface area contributed by atoms with Crippen molar-refractivity contribution in [2.24, 2.45) is 0 Å². The van der Waals surface area contributed by atoms with Crippen LogP contribution in [0.2, 0.25) is 0 Å². The van der Waals surface area contributed by atoms with Crippen LogP contribution in [-0.4, -0.2) is 58.9 Å². The predicted octanol–water partition coefficient (Wildman–Crippen LogP) is 3.54. The molecule has 0 radical (unpaired) electrons. The number of anilines is 3. The van der Waals surface area contributed by atoms with E-state index >= 15 is 0 Å². The summed E-state index contributed by atoms with van der Waals surface area (Å²) in [5.74, 6) is 2.05. The van der Waals surface area contributed by atoms with E-state index in [1.807, 2.05) is 73.4 Å². The zero-order chi connectivity index (χ0) is 20.9. The van der Waals surface area contributed by atoms with E-state index in [1.165, 1.54) is 0 Å². The minimum atomic E-state index is 0.554. The Bertz CT molecular complexity index is 1110. The first kappa shape index (κ1) is 19.7. The molecule has 0 unspecified atom stereocenters. The fourth-order valence-electron chi connectivity index (χ4n) is 3.04. The van der Waals surface area contributed by atoms with E-state index in [0.717, 1.165) is 41.2 Å². The van der Waals surface area contributed by atoms with Gasteiger partial charge in [0.25, 0.3) is 0 Å². The third-order valence-electron chi connectivity index (χ3n) is 4.62. The molecule has 4 aromatic rings. The van der Waals surface area contributed by atoms with Crippen molar-refractivity contribution in [1.29, 1.82) is 0 Å². The molecule has 0 spiro atoms. The highest BCUT2D eigenvalue weighted by Crippen LogP contribution is 2.27. The topological polar surface area (TPSA) is 80.1 Å². The van der Waals surface area contributed by atoms with Gasteiger partial charge in [-0.25, -0.2) is 4.68 Å². The summed E-state index contributed by atoms with van der Waals surface area (Å²) in [4.78, 5) is 11.6. The number of aromatic nitrogens is 4. The summed E-state index contributed by atoms with van der Waals surface area (Å²) in [6.07, 6.45) is 1.79. The number of rotatable bonds is 8. The fraction of sp³-hybridized carbons (Fsp3) is 0.227. The van der Waals surface area contributed by atoms with E-state index in [2.05, 4.69) is 20.6 Å². The minimum Gasteiger partial charge on any atom is -0.497 e. The molecule has 0 fully saturated rings. The molecule has 4 rings (SSSR count). The Morgan fingerprint density at radius 3 is 2.47 bits per heavy atom. The number of fused-ring (bicyclic) bond motifs is 1. The van der Waals surface area contributed by atoms with Crippen molar-refractivity contribution in [3.05, 3.63) is 60.8 Å². The van der Waals surface area contributed by atoms with Crippen LogP contribution >= 0.6 is 0 Å². The van der Waals surface area contributed by atoms with Gasteiger partial charge in [-0.3, -0.25) is 0 Å². The number of methoxy groups -OCH3 is 1. The van der Waals surface area contributed by atoms with E-state index in [1.54, 1.807) is 13.3 Å². The van der Waals surface area contributed by atoms with Gasteiger partial charge >= 0.3 is 0 Å². The van der Waals surface area contributed by atoms with Crippen LogP contribution in [0.4, 0.5) is 17.5 Å². The van der Waals surface area contributed by atoms with Crippen LogP contribution in [0.5, 0.6) is 5.75 Å². The number of likely N-dealkylation sites (N-methyl/N-ethyl adjacent to an activating group) is 1. The molecule has 0 saturated heterocycles. The molecule has 8 heteroatoms. The van der Waals surface area contributed by atoms with E-state index in [4.69, 9.17) is 14.7 Å². The SMILES string of the molecule is COc1ccc(Nc2nc(NCCN(C)C)nc3c2cnn3-c2ccccc2)cc1. The second-order valence-corrected chi connectivity index (χ2v) is 7.11. The van der Waals surface area contributed by atoms with Gasteiger partial charge in [-0.1, -0.05) is 18.2 Å². The molecule has 2 N–H and O–H groups in total. The van der Waals surface area contributed by atoms with Crippen LogP contribution in [0.1, 0.15) is 0 Å². The van der Waals surface area contributed by atoms with Crippen LogP contribution in [-0.2, 0) is 0 Å². The van der Waals surface area contributed by atoms with E-state index < -0.39 is 0 Å². The molecule has 8 nitrogen and oxygen atoms in total. The summed E-state index contributed by atoms with van der Waals surface area (Å²) >= 11 is 0. The lowest BCUT2D eigenvalue weighted by atomic mass is 10.3. The Kier molecular flexibility index (Phi) is 5.76. The average molecular weight is 403 g/mol. The molecular weight excluding hydrogens is 378 g/mol. The maximum absolute atomic E-state index is 5.24. The van der Waals surface area contributed by atoms with Gasteiger partial charge in [0.15, 0.2) is 5.65 Å². The minimum absolute atomic E-state index is 0.554. The van der Waals surface area contributed by atoms with Gasteiger partial charge in [-0.05, 0) is 50.5 Å². The number of nitrogens with one attached hydrogen (secondary N) is 2. The van der Waals surface area contributed by atoms with Crippen LogP contribution < -0.4 is 15.4 Å². The molecule has 154 valence electrons. The van der Waals surface area contributed by atoms with Gasteiger partial charge < -0.3 is 20.3 Å². The third kappa shape index (κ3) is 4.33. The largest absolute Gasteiger partial charge is 0.497 e. The molecule has 0 atom stereocenters. The number of para-hydroxylation sites is 1. The summed E-state index contributed by atoms with van der Waals surface area (Å²) in [5, 5.41) is 12.1.